The van der Waals surface area contributed by atoms with Gasteiger partial charge in [0.15, 0.2) is 5.50 Å². The number of rotatable bonds is 3. The van der Waals surface area contributed by atoms with Crippen molar-refractivity contribution in [1.29, 1.82) is 0 Å². The van der Waals surface area contributed by atoms with Gasteiger partial charge in [-0.05, 0) is 22.9 Å². The van der Waals surface area contributed by atoms with Gasteiger partial charge < -0.3 is 14.9 Å². The number of nitroso groups, excluding NO2 is 1. The topological polar surface area (TPSA) is 73.2 Å². The van der Waals surface area contributed by atoms with E-state index in [1.54, 1.807) is 12.1 Å². The van der Waals surface area contributed by atoms with E-state index in [1.807, 2.05) is 12.1 Å². The van der Waals surface area contributed by atoms with Crippen LogP contribution in [0.2, 0.25) is 0 Å². The van der Waals surface area contributed by atoms with Crippen molar-refractivity contribution in [3.8, 4) is 0 Å². The minimum absolute atomic E-state index is 0.491. The number of anilines is 1. The Morgan fingerprint density at radius 2 is 1.79 bits per heavy atom. The van der Waals surface area contributed by atoms with Gasteiger partial charge in [0.25, 0.3) is 0 Å². The summed E-state index contributed by atoms with van der Waals surface area (Å²) in [5.74, 6) is 0. The summed E-state index contributed by atoms with van der Waals surface area (Å²) >= 11 is 5.72. The average Bonchev–Trinajstić information content (AvgIpc) is 2.46. The molecule has 1 aliphatic rings. The van der Waals surface area contributed by atoms with Crippen molar-refractivity contribution in [2.24, 2.45) is 5.18 Å². The fraction of sp³-hybridized carbons (Fsp3) is 0.417. The maximum absolute atomic E-state index is 10.8. The zero-order valence-electron chi connectivity index (χ0n) is 10.2. The van der Waals surface area contributed by atoms with Crippen LogP contribution in [0.5, 0.6) is 0 Å². The number of hydrogen-bond acceptors (Lipinski definition) is 4. The third kappa shape index (κ3) is 3.14. The molecule has 1 unspecified atom stereocenters. The first-order valence-electron chi connectivity index (χ1n) is 5.91. The molecule has 1 aliphatic heterocycles. The zero-order valence-corrected chi connectivity index (χ0v) is 11.0. The molecule has 102 valence electrons. The van der Waals surface area contributed by atoms with E-state index in [9.17, 15) is 9.70 Å². The lowest BCUT2D eigenvalue weighted by Crippen LogP contribution is -2.48. The van der Waals surface area contributed by atoms with Crippen LogP contribution in [0.15, 0.2) is 29.4 Å². The molecule has 7 heteroatoms. The number of hydrogen-bond donors (Lipinski definition) is 1. The van der Waals surface area contributed by atoms with Crippen molar-refractivity contribution >= 4 is 23.4 Å². The summed E-state index contributed by atoms with van der Waals surface area (Å²) in [6.07, 6.45) is -0.878. The third-order valence-electron chi connectivity index (χ3n) is 3.18. The Morgan fingerprint density at radius 3 is 2.26 bits per heavy atom. The van der Waals surface area contributed by atoms with E-state index in [0.29, 0.717) is 31.7 Å². The van der Waals surface area contributed by atoms with Crippen LogP contribution in [0.4, 0.5) is 10.5 Å². The van der Waals surface area contributed by atoms with Crippen LogP contribution in [-0.2, 0) is 0 Å². The summed E-state index contributed by atoms with van der Waals surface area (Å²) in [7, 11) is 0. The molecule has 2 rings (SSSR count). The van der Waals surface area contributed by atoms with Gasteiger partial charge in [-0.1, -0.05) is 23.7 Å². The molecule has 0 spiro atoms. The zero-order chi connectivity index (χ0) is 13.8. The van der Waals surface area contributed by atoms with Gasteiger partial charge in [0.1, 0.15) is 0 Å². The molecule has 1 aromatic rings. The molecule has 1 fully saturated rings. The largest absolute Gasteiger partial charge is 0.465 e. The number of carbonyl (C=O) groups is 1. The molecule has 19 heavy (non-hydrogen) atoms. The third-order valence-corrected chi connectivity index (χ3v) is 3.51. The van der Waals surface area contributed by atoms with Crippen LogP contribution in [0.3, 0.4) is 0 Å². The minimum Gasteiger partial charge on any atom is -0.465 e. The van der Waals surface area contributed by atoms with Crippen LogP contribution in [0, 0.1) is 4.91 Å². The van der Waals surface area contributed by atoms with Crippen LogP contribution in [0.25, 0.3) is 0 Å². The molecule has 0 radical (unpaired) electrons. The molecular weight excluding hydrogens is 270 g/mol. The molecule has 0 saturated carbocycles. The summed E-state index contributed by atoms with van der Waals surface area (Å²) < 4.78 is 0. The molecule has 0 aliphatic carbocycles. The summed E-state index contributed by atoms with van der Waals surface area (Å²) in [5, 5.41) is 11.6. The highest BCUT2D eigenvalue weighted by Crippen LogP contribution is 2.24. The lowest BCUT2D eigenvalue weighted by atomic mass is 10.2. The molecule has 6 nitrogen and oxygen atoms in total. The highest BCUT2D eigenvalue weighted by molar-refractivity contribution is 6.20. The molecule has 1 N–H and O–H groups in total. The van der Waals surface area contributed by atoms with Crippen molar-refractivity contribution in [1.82, 2.24) is 4.90 Å². The quantitative estimate of drug-likeness (QED) is 0.525. The minimum atomic E-state index is -0.878. The van der Waals surface area contributed by atoms with E-state index < -0.39 is 11.6 Å². The van der Waals surface area contributed by atoms with Gasteiger partial charge in [0.2, 0.25) is 0 Å². The van der Waals surface area contributed by atoms with Crippen LogP contribution < -0.4 is 4.90 Å². The monoisotopic (exact) mass is 283 g/mol. The number of halogens is 1. The molecule has 1 aromatic carbocycles. The fourth-order valence-corrected chi connectivity index (χ4v) is 2.21. The van der Waals surface area contributed by atoms with Crippen molar-refractivity contribution in [2.45, 2.75) is 5.50 Å². The lowest BCUT2D eigenvalue weighted by molar-refractivity contribution is 0.142. The van der Waals surface area contributed by atoms with Crippen molar-refractivity contribution in [3.05, 3.63) is 34.7 Å². The molecule has 0 bridgehead atoms. The second-order valence-corrected chi connectivity index (χ2v) is 4.70. The van der Waals surface area contributed by atoms with Gasteiger partial charge in [-0.25, -0.2) is 4.79 Å². The standard InChI is InChI=1S/C12H14ClN3O3/c13-11(14-19)9-1-3-10(4-2-9)15-5-7-16(8-6-15)12(17)18/h1-4,11H,5-8H2,(H,17,18). The van der Waals surface area contributed by atoms with E-state index in [1.165, 1.54) is 4.90 Å². The number of piperazine rings is 1. The maximum Gasteiger partial charge on any atom is 0.407 e. The summed E-state index contributed by atoms with van der Waals surface area (Å²) in [4.78, 5) is 24.6. The Bertz CT molecular complexity index is 458. The predicted molar refractivity (Wildman–Crippen MR) is 72.6 cm³/mol. The summed E-state index contributed by atoms with van der Waals surface area (Å²) in [6, 6.07) is 7.26. The summed E-state index contributed by atoms with van der Waals surface area (Å²) in [5.41, 5.74) is 0.783. The highest BCUT2D eigenvalue weighted by atomic mass is 35.5. The Kier molecular flexibility index (Phi) is 4.21. The summed E-state index contributed by atoms with van der Waals surface area (Å²) in [6.45, 7) is 2.29. The Labute approximate surface area is 115 Å². The highest BCUT2D eigenvalue weighted by Gasteiger charge is 2.20. The average molecular weight is 284 g/mol. The van der Waals surface area contributed by atoms with Gasteiger partial charge in [-0.3, -0.25) is 0 Å². The predicted octanol–water partition coefficient (Wildman–Crippen LogP) is 2.49. The molecule has 1 amide bonds. The first kappa shape index (κ1) is 13.6. The molecular formula is C12H14ClN3O3. The number of benzene rings is 1. The SMILES string of the molecule is O=NC(Cl)c1ccc(N2CCN(C(=O)O)CC2)cc1. The van der Waals surface area contributed by atoms with Gasteiger partial charge in [-0.2, -0.15) is 0 Å². The Balaban J connectivity index is 2.00. The van der Waals surface area contributed by atoms with E-state index in [4.69, 9.17) is 16.7 Å². The van der Waals surface area contributed by atoms with E-state index in [2.05, 4.69) is 10.1 Å². The molecule has 1 saturated heterocycles. The first-order chi connectivity index (χ1) is 9.11. The number of nitrogens with zero attached hydrogens (tertiary/aromatic N) is 3. The van der Waals surface area contributed by atoms with Gasteiger partial charge in [0.05, 0.1) is 0 Å². The van der Waals surface area contributed by atoms with Gasteiger partial charge >= 0.3 is 6.09 Å². The molecule has 1 heterocycles. The molecule has 0 aromatic heterocycles. The van der Waals surface area contributed by atoms with E-state index in [-0.39, 0.29) is 0 Å². The lowest BCUT2D eigenvalue weighted by Gasteiger charge is -2.34. The Hall–Kier alpha value is -1.82. The Morgan fingerprint density at radius 1 is 1.21 bits per heavy atom. The van der Waals surface area contributed by atoms with Crippen molar-refractivity contribution < 1.29 is 9.90 Å². The second kappa shape index (κ2) is 5.88. The van der Waals surface area contributed by atoms with Gasteiger partial charge in [-0.15, -0.1) is 4.91 Å². The number of carboxylic acid groups (broad SMARTS) is 1. The van der Waals surface area contributed by atoms with Gasteiger partial charge in [0, 0.05) is 31.9 Å². The van der Waals surface area contributed by atoms with E-state index >= 15 is 0 Å². The van der Waals surface area contributed by atoms with Crippen molar-refractivity contribution in [2.75, 3.05) is 31.1 Å². The number of alkyl halides is 1. The van der Waals surface area contributed by atoms with Crippen LogP contribution >= 0.6 is 11.6 Å². The van der Waals surface area contributed by atoms with Crippen LogP contribution in [0.1, 0.15) is 11.1 Å². The second-order valence-electron chi connectivity index (χ2n) is 4.29. The normalized spacial score (nSPS) is 17.1. The fourth-order valence-electron chi connectivity index (χ4n) is 2.06. The van der Waals surface area contributed by atoms with E-state index in [0.717, 1.165) is 5.69 Å². The molecule has 1 atom stereocenters. The maximum atomic E-state index is 10.8. The first-order valence-corrected chi connectivity index (χ1v) is 6.35. The number of amides is 1. The smallest absolute Gasteiger partial charge is 0.407 e. The van der Waals surface area contributed by atoms with Crippen molar-refractivity contribution in [3.63, 3.8) is 0 Å². The van der Waals surface area contributed by atoms with Crippen LogP contribution in [-0.4, -0.2) is 42.3 Å².